The first-order valence-corrected chi connectivity index (χ1v) is 13.2. The predicted molar refractivity (Wildman–Crippen MR) is 137 cm³/mol. The van der Waals surface area contributed by atoms with Gasteiger partial charge in [0.1, 0.15) is 16.5 Å². The van der Waals surface area contributed by atoms with E-state index in [0.717, 1.165) is 18.5 Å². The number of halogens is 1. The average Bonchev–Trinajstić information content (AvgIpc) is 2.95. The summed E-state index contributed by atoms with van der Waals surface area (Å²) in [5, 5.41) is 10.5. The molecule has 3 aromatic carbocycles. The molecule has 1 aliphatic heterocycles. The number of unbranched alkanes of at least 4 members (excludes halogenated alkanes) is 1. The van der Waals surface area contributed by atoms with Gasteiger partial charge in [-0.25, -0.2) is 17.6 Å². The second-order valence-corrected chi connectivity index (χ2v) is 10.8. The molecule has 190 valence electrons. The van der Waals surface area contributed by atoms with E-state index in [1.165, 1.54) is 41.7 Å². The fourth-order valence-electron chi connectivity index (χ4n) is 4.50. The molecule has 0 spiro atoms. The van der Waals surface area contributed by atoms with Gasteiger partial charge in [-0.15, -0.1) is 0 Å². The number of carbonyl (C=O) groups excluding carboxylic acids is 1. The van der Waals surface area contributed by atoms with Gasteiger partial charge in [0.15, 0.2) is 0 Å². The van der Waals surface area contributed by atoms with Crippen LogP contribution in [0.3, 0.4) is 0 Å². The zero-order chi connectivity index (χ0) is 26.0. The van der Waals surface area contributed by atoms with Crippen molar-refractivity contribution < 1.29 is 27.4 Å². The van der Waals surface area contributed by atoms with E-state index < -0.39 is 21.8 Å². The molecule has 0 aromatic heterocycles. The molecule has 0 amide bonds. The Morgan fingerprint density at radius 3 is 2.50 bits per heavy atom. The number of para-hydroxylation sites is 1. The van der Waals surface area contributed by atoms with Crippen molar-refractivity contribution in [3.8, 4) is 16.9 Å². The second kappa shape index (κ2) is 10.3. The number of methoxy groups -OCH3 is 1. The number of sulfonamides is 1. The van der Waals surface area contributed by atoms with Crippen LogP contribution in [0.1, 0.15) is 36.5 Å². The number of hydrogen-bond donors (Lipinski definition) is 1. The number of rotatable bonds is 6. The van der Waals surface area contributed by atoms with Crippen LogP contribution in [0.25, 0.3) is 11.1 Å². The Kier molecular flexibility index (Phi) is 7.33. The first kappa shape index (κ1) is 25.7. The Morgan fingerprint density at radius 2 is 1.83 bits per heavy atom. The van der Waals surface area contributed by atoms with Gasteiger partial charge < -0.3 is 14.7 Å². The van der Waals surface area contributed by atoms with Crippen molar-refractivity contribution in [1.82, 2.24) is 4.31 Å². The molecule has 1 aliphatic rings. The quantitative estimate of drug-likeness (QED) is 0.450. The van der Waals surface area contributed by atoms with Gasteiger partial charge in [-0.1, -0.05) is 38.0 Å². The molecule has 1 atom stereocenters. The van der Waals surface area contributed by atoms with E-state index in [-0.39, 0.29) is 39.1 Å². The molecule has 0 saturated heterocycles. The summed E-state index contributed by atoms with van der Waals surface area (Å²) in [5.74, 6) is -1.67. The number of ether oxygens (including phenoxy) is 1. The summed E-state index contributed by atoms with van der Waals surface area (Å²) in [4.78, 5) is 13.8. The summed E-state index contributed by atoms with van der Waals surface area (Å²) >= 11 is 0. The maximum Gasteiger partial charge on any atom is 0.337 e. The van der Waals surface area contributed by atoms with E-state index in [1.807, 2.05) is 42.2 Å². The Hall–Kier alpha value is -3.43. The van der Waals surface area contributed by atoms with Gasteiger partial charge in [0, 0.05) is 36.4 Å². The Morgan fingerprint density at radius 1 is 1.11 bits per heavy atom. The number of carbonyl (C=O) groups is 1. The van der Waals surface area contributed by atoms with Crippen molar-refractivity contribution in [1.29, 1.82) is 0 Å². The highest BCUT2D eigenvalue weighted by atomic mass is 32.2. The molecule has 36 heavy (non-hydrogen) atoms. The van der Waals surface area contributed by atoms with Crippen molar-refractivity contribution in [2.24, 2.45) is 0 Å². The molecule has 7 nitrogen and oxygen atoms in total. The van der Waals surface area contributed by atoms with E-state index in [4.69, 9.17) is 4.74 Å². The standard InChI is InChI=1S/C27H29FN2O5S/c1-4-5-9-20-17-30(19-10-7-6-8-11-19)24-16-23(28)21(15-26(24)36(33,34)29(20)2)22-14-18(27(32)35-3)12-13-25(22)31/h6-8,10-16,20,31H,4-5,9,17H2,1-3H3/t20-/m1/s1. The first-order valence-electron chi connectivity index (χ1n) is 11.7. The molecule has 3 aromatic rings. The molecule has 0 bridgehead atoms. The number of esters is 1. The third-order valence-electron chi connectivity index (χ3n) is 6.57. The first-order chi connectivity index (χ1) is 17.2. The van der Waals surface area contributed by atoms with Crippen LogP contribution in [0.2, 0.25) is 0 Å². The number of phenolic OH excluding ortho intramolecular Hbond substituents is 1. The molecule has 0 fully saturated rings. The number of aromatic hydroxyl groups is 1. The summed E-state index contributed by atoms with van der Waals surface area (Å²) in [5.41, 5.74) is 0.929. The minimum atomic E-state index is -4.02. The molecule has 0 saturated carbocycles. The Bertz CT molecular complexity index is 1380. The van der Waals surface area contributed by atoms with E-state index in [1.54, 1.807) is 7.05 Å². The molecule has 0 unspecified atom stereocenters. The summed E-state index contributed by atoms with van der Waals surface area (Å²) in [6.07, 6.45) is 2.41. The molecule has 1 heterocycles. The smallest absolute Gasteiger partial charge is 0.337 e. The van der Waals surface area contributed by atoms with Crippen LogP contribution in [0.15, 0.2) is 65.6 Å². The lowest BCUT2D eigenvalue weighted by atomic mass is 10.00. The van der Waals surface area contributed by atoms with Crippen molar-refractivity contribution >= 4 is 27.4 Å². The van der Waals surface area contributed by atoms with Gasteiger partial charge in [0.2, 0.25) is 10.0 Å². The summed E-state index contributed by atoms with van der Waals surface area (Å²) in [6, 6.07) is 15.3. The second-order valence-electron chi connectivity index (χ2n) is 8.79. The fourth-order valence-corrected chi connectivity index (χ4v) is 6.08. The average molecular weight is 513 g/mol. The molecular formula is C27H29FN2O5S. The normalized spacial score (nSPS) is 17.3. The molecule has 1 N–H and O–H groups in total. The van der Waals surface area contributed by atoms with Crippen LogP contribution >= 0.6 is 0 Å². The van der Waals surface area contributed by atoms with Crippen molar-refractivity contribution in [3.05, 3.63) is 72.0 Å². The zero-order valence-electron chi connectivity index (χ0n) is 20.4. The number of anilines is 2. The van der Waals surface area contributed by atoms with Crippen LogP contribution < -0.4 is 4.90 Å². The zero-order valence-corrected chi connectivity index (χ0v) is 21.3. The van der Waals surface area contributed by atoms with E-state index >= 15 is 4.39 Å². The van der Waals surface area contributed by atoms with E-state index in [2.05, 4.69) is 0 Å². The number of nitrogens with zero attached hydrogens (tertiary/aromatic N) is 2. The van der Waals surface area contributed by atoms with Gasteiger partial charge in [0.05, 0.1) is 18.4 Å². The van der Waals surface area contributed by atoms with Crippen LogP contribution in [0.5, 0.6) is 5.75 Å². The van der Waals surface area contributed by atoms with Crippen molar-refractivity contribution in [2.75, 3.05) is 25.6 Å². The van der Waals surface area contributed by atoms with Crippen LogP contribution in [0, 0.1) is 5.82 Å². The maximum atomic E-state index is 15.7. The third-order valence-corrected chi connectivity index (χ3v) is 8.51. The van der Waals surface area contributed by atoms with Gasteiger partial charge in [0.25, 0.3) is 0 Å². The lowest BCUT2D eigenvalue weighted by Crippen LogP contribution is -2.40. The highest BCUT2D eigenvalue weighted by Crippen LogP contribution is 2.42. The predicted octanol–water partition coefficient (Wildman–Crippen LogP) is 5.32. The minimum absolute atomic E-state index is 0.00547. The largest absolute Gasteiger partial charge is 0.507 e. The minimum Gasteiger partial charge on any atom is -0.507 e. The number of fused-ring (bicyclic) bond motifs is 1. The lowest BCUT2D eigenvalue weighted by Gasteiger charge is -2.29. The van der Waals surface area contributed by atoms with Crippen molar-refractivity contribution in [2.45, 2.75) is 37.1 Å². The van der Waals surface area contributed by atoms with Crippen LogP contribution in [-0.2, 0) is 14.8 Å². The van der Waals surface area contributed by atoms with Gasteiger partial charge in [-0.2, -0.15) is 4.31 Å². The molecule has 4 rings (SSSR count). The third kappa shape index (κ3) is 4.68. The Labute approximate surface area is 210 Å². The number of phenols is 1. The molecular weight excluding hydrogens is 483 g/mol. The number of likely N-dealkylation sites (N-methyl/N-ethyl adjacent to an activating group) is 1. The highest BCUT2D eigenvalue weighted by Gasteiger charge is 2.37. The SMILES string of the molecule is CCCC[C@@H]1CN(c2ccccc2)c2cc(F)c(-c3cc(C(=O)OC)ccc3O)cc2S(=O)(=O)N1C. The van der Waals surface area contributed by atoms with E-state index in [9.17, 15) is 18.3 Å². The maximum absolute atomic E-state index is 15.7. The topological polar surface area (TPSA) is 87.1 Å². The Balaban J connectivity index is 1.96. The van der Waals surface area contributed by atoms with Gasteiger partial charge in [-0.3, -0.25) is 0 Å². The molecule has 0 aliphatic carbocycles. The fraction of sp³-hybridized carbons (Fsp3) is 0.296. The lowest BCUT2D eigenvalue weighted by molar-refractivity contribution is 0.0600. The summed E-state index contributed by atoms with van der Waals surface area (Å²) in [6.45, 7) is 2.40. The molecule has 0 radical (unpaired) electrons. The number of hydrogen-bond acceptors (Lipinski definition) is 6. The summed E-state index contributed by atoms with van der Waals surface area (Å²) in [7, 11) is -1.25. The van der Waals surface area contributed by atoms with Gasteiger partial charge >= 0.3 is 5.97 Å². The summed E-state index contributed by atoms with van der Waals surface area (Å²) < 4.78 is 49.4. The van der Waals surface area contributed by atoms with Crippen molar-refractivity contribution in [3.63, 3.8) is 0 Å². The molecule has 9 heteroatoms. The van der Waals surface area contributed by atoms with Crippen LogP contribution in [0.4, 0.5) is 15.8 Å². The van der Waals surface area contributed by atoms with Gasteiger partial charge in [-0.05, 0) is 48.9 Å². The highest BCUT2D eigenvalue weighted by molar-refractivity contribution is 7.89. The van der Waals surface area contributed by atoms with E-state index in [0.29, 0.717) is 13.0 Å². The number of benzene rings is 3. The monoisotopic (exact) mass is 512 g/mol. The van der Waals surface area contributed by atoms with Crippen LogP contribution in [-0.4, -0.2) is 50.5 Å².